The minimum atomic E-state index is 0. The summed E-state index contributed by atoms with van der Waals surface area (Å²) in [5, 5.41) is 1.07. The van der Waals surface area contributed by atoms with E-state index in [1.165, 1.54) is 5.56 Å². The fraction of sp³-hybridized carbons (Fsp3) is 0. The molecule has 223 valence electrons. The molecule has 5 heteroatoms. The summed E-state index contributed by atoms with van der Waals surface area (Å²) < 4.78 is 6.05. The Bertz CT molecular complexity index is 2110. The maximum atomic E-state index is 6.05. The first-order valence-corrected chi connectivity index (χ1v) is 14.7. The van der Waals surface area contributed by atoms with Crippen molar-refractivity contribution in [2.45, 2.75) is 0 Å². The molecule has 4 nitrogen and oxygen atoms in total. The first-order valence-electron chi connectivity index (χ1n) is 14.7. The van der Waals surface area contributed by atoms with Gasteiger partial charge in [0.1, 0.15) is 11.3 Å². The number of furan rings is 1. The van der Waals surface area contributed by atoms with Crippen LogP contribution in [0.15, 0.2) is 169 Å². The zero-order chi connectivity index (χ0) is 30.3. The molecule has 0 amide bonds. The predicted octanol–water partition coefficient (Wildman–Crippen LogP) is 10.2. The van der Waals surface area contributed by atoms with Gasteiger partial charge < -0.3 is 14.4 Å². The number of hydrogen-bond acceptors (Lipinski definition) is 4. The van der Waals surface area contributed by atoms with E-state index < -0.39 is 0 Å². The molecule has 4 heterocycles. The molecule has 0 N–H and O–H groups in total. The summed E-state index contributed by atoms with van der Waals surface area (Å²) in [6.45, 7) is 0. The number of benzene rings is 4. The Morgan fingerprint density at radius 1 is 0.457 bits per heavy atom. The van der Waals surface area contributed by atoms with E-state index in [-0.39, 0.29) is 20.1 Å². The fourth-order valence-corrected chi connectivity index (χ4v) is 5.14. The maximum Gasteiger partial charge on any atom is 0.135 e. The van der Waals surface area contributed by atoms with Crippen molar-refractivity contribution in [3.8, 4) is 56.1 Å². The average molecular weight is 770 g/mol. The summed E-state index contributed by atoms with van der Waals surface area (Å²) in [6, 6.07) is 53.1. The smallest absolute Gasteiger partial charge is 0.135 e. The fourth-order valence-electron chi connectivity index (χ4n) is 5.14. The molecule has 0 unspecified atom stereocenters. The number of nitrogens with zero attached hydrogens (tertiary/aromatic N) is 3. The van der Waals surface area contributed by atoms with E-state index >= 15 is 0 Å². The number of hydrogen-bond donors (Lipinski definition) is 0. The maximum absolute atomic E-state index is 6.05. The largest absolute Gasteiger partial charge is 0.456 e. The molecule has 0 fully saturated rings. The third-order valence-corrected chi connectivity index (χ3v) is 7.41. The quantitative estimate of drug-likeness (QED) is 0.164. The molecule has 0 atom stereocenters. The van der Waals surface area contributed by atoms with E-state index in [9.17, 15) is 0 Å². The summed E-state index contributed by atoms with van der Waals surface area (Å²) in [5.74, 6) is 0.841. The van der Waals surface area contributed by atoms with Gasteiger partial charge in [0, 0.05) is 55.8 Å². The van der Waals surface area contributed by atoms with Crippen molar-refractivity contribution in [1.82, 2.24) is 15.0 Å². The molecule has 4 aromatic carbocycles. The average Bonchev–Trinajstić information content (AvgIpc) is 3.57. The molecule has 8 rings (SSSR count). The Labute approximate surface area is 281 Å². The van der Waals surface area contributed by atoms with E-state index in [2.05, 4.69) is 75.6 Å². The molecule has 0 saturated carbocycles. The molecule has 0 aliphatic heterocycles. The molecule has 0 saturated heterocycles. The number of aromatic nitrogens is 3. The molecule has 1 radical (unpaired) electrons. The first-order chi connectivity index (χ1) is 22.3. The van der Waals surface area contributed by atoms with Gasteiger partial charge in [-0.2, -0.15) is 0 Å². The van der Waals surface area contributed by atoms with Gasteiger partial charge in [0.2, 0.25) is 0 Å². The van der Waals surface area contributed by atoms with Gasteiger partial charge in [-0.05, 0) is 70.5 Å². The molecule has 46 heavy (non-hydrogen) atoms. The number of pyridine rings is 3. The minimum absolute atomic E-state index is 0. The zero-order valence-corrected chi connectivity index (χ0v) is 27.1. The van der Waals surface area contributed by atoms with Crippen LogP contribution in [-0.4, -0.2) is 15.0 Å². The second-order valence-electron chi connectivity index (χ2n) is 10.4. The van der Waals surface area contributed by atoms with Gasteiger partial charge in [0.05, 0.1) is 0 Å². The summed E-state index contributed by atoms with van der Waals surface area (Å²) in [6.07, 6.45) is 7.19. The van der Waals surface area contributed by atoms with Crippen LogP contribution in [0.2, 0.25) is 0 Å². The van der Waals surface area contributed by atoms with Gasteiger partial charge in [-0.15, -0.1) is 71.3 Å². The van der Waals surface area contributed by atoms with Gasteiger partial charge in [0.15, 0.2) is 0 Å². The van der Waals surface area contributed by atoms with E-state index in [1.807, 2.05) is 97.2 Å². The van der Waals surface area contributed by atoms with Crippen LogP contribution in [0.5, 0.6) is 0 Å². The predicted molar refractivity (Wildman–Crippen MR) is 181 cm³/mol. The van der Waals surface area contributed by atoms with Gasteiger partial charge >= 0.3 is 0 Å². The zero-order valence-electron chi connectivity index (χ0n) is 24.7. The Morgan fingerprint density at radius 2 is 1.20 bits per heavy atom. The van der Waals surface area contributed by atoms with Crippen LogP contribution in [0.4, 0.5) is 0 Å². The summed E-state index contributed by atoms with van der Waals surface area (Å²) in [7, 11) is 0. The van der Waals surface area contributed by atoms with Gasteiger partial charge in [-0.25, -0.2) is 0 Å². The van der Waals surface area contributed by atoms with Crippen LogP contribution in [0, 0.1) is 12.1 Å². The van der Waals surface area contributed by atoms with Crippen LogP contribution in [0.1, 0.15) is 0 Å². The molecular formula is C41H27IrN3O-2. The Morgan fingerprint density at radius 3 is 2.00 bits per heavy atom. The van der Waals surface area contributed by atoms with Crippen LogP contribution in [-0.2, 0) is 20.1 Å². The number of fused-ring (bicyclic) bond motifs is 1. The minimum Gasteiger partial charge on any atom is -0.456 e. The normalized spacial score (nSPS) is 10.4. The standard InChI is InChI=1S/C30H19N2O.C11H8N.Ir/c1-2-5-21(6-3-1)25-13-16-32-28(19-25)26-8-4-7-23(17-26)24-9-10-29-27(18-24)20-30(33-29)22-11-14-31-15-12-22;1-2-6-10(7-3-1)11-8-4-5-9-12-11;/h1-7,9-20H;1-6,8-9H;/q2*-1;. The SMILES string of the molecule is [Ir].[c-]1ccc(-c2ccc3oc(-c4ccncc4)cc3c2)cc1-c1cc(-c2ccccc2)ccn1.[c-]1ccccc1-c1ccccn1. The van der Waals surface area contributed by atoms with Crippen molar-refractivity contribution in [3.63, 3.8) is 0 Å². The Hall–Kier alpha value is -5.48. The van der Waals surface area contributed by atoms with Crippen molar-refractivity contribution in [1.29, 1.82) is 0 Å². The van der Waals surface area contributed by atoms with Gasteiger partial charge in [0.25, 0.3) is 0 Å². The molecule has 0 bridgehead atoms. The van der Waals surface area contributed by atoms with E-state index in [4.69, 9.17) is 4.42 Å². The van der Waals surface area contributed by atoms with Crippen molar-refractivity contribution in [2.24, 2.45) is 0 Å². The van der Waals surface area contributed by atoms with E-state index in [0.717, 1.165) is 61.5 Å². The molecular weight excluding hydrogens is 743 g/mol. The van der Waals surface area contributed by atoms with Crippen LogP contribution in [0.3, 0.4) is 0 Å². The third-order valence-electron chi connectivity index (χ3n) is 7.41. The second kappa shape index (κ2) is 14.5. The molecule has 0 spiro atoms. The van der Waals surface area contributed by atoms with Crippen molar-refractivity contribution in [2.75, 3.05) is 0 Å². The van der Waals surface area contributed by atoms with Crippen molar-refractivity contribution >= 4 is 11.0 Å². The Kier molecular flexibility index (Phi) is 9.65. The summed E-state index contributed by atoms with van der Waals surface area (Å²) in [5.41, 5.74) is 10.3. The summed E-state index contributed by atoms with van der Waals surface area (Å²) >= 11 is 0. The topological polar surface area (TPSA) is 51.8 Å². The van der Waals surface area contributed by atoms with Crippen LogP contribution < -0.4 is 0 Å². The van der Waals surface area contributed by atoms with E-state index in [1.54, 1.807) is 18.6 Å². The molecule has 8 aromatic rings. The molecule has 0 aliphatic rings. The number of rotatable bonds is 5. The van der Waals surface area contributed by atoms with Gasteiger partial charge in [-0.1, -0.05) is 54.6 Å². The monoisotopic (exact) mass is 770 g/mol. The second-order valence-corrected chi connectivity index (χ2v) is 10.4. The first kappa shape index (κ1) is 30.5. The van der Waals surface area contributed by atoms with Crippen LogP contribution in [0.25, 0.3) is 67.1 Å². The van der Waals surface area contributed by atoms with Crippen molar-refractivity contribution in [3.05, 3.63) is 176 Å². The van der Waals surface area contributed by atoms with Crippen LogP contribution >= 0.6 is 0 Å². The van der Waals surface area contributed by atoms with E-state index in [0.29, 0.717) is 0 Å². The molecule has 4 aromatic heterocycles. The summed E-state index contributed by atoms with van der Waals surface area (Å²) in [4.78, 5) is 12.9. The van der Waals surface area contributed by atoms with Crippen molar-refractivity contribution < 1.29 is 24.5 Å². The Balaban J connectivity index is 0.000000241. The third kappa shape index (κ3) is 7.08. The van der Waals surface area contributed by atoms with Gasteiger partial charge in [-0.3, -0.25) is 4.98 Å². The molecule has 0 aliphatic carbocycles.